The van der Waals surface area contributed by atoms with E-state index in [9.17, 15) is 13.8 Å². The zero-order valence-electron chi connectivity index (χ0n) is 15.8. The third-order valence-corrected chi connectivity index (χ3v) is 8.75. The van der Waals surface area contributed by atoms with Gasteiger partial charge >= 0.3 is 6.03 Å². The highest BCUT2D eigenvalue weighted by atomic mass is 32.2. The molecular formula is C18H32N4O3S. The lowest BCUT2D eigenvalue weighted by atomic mass is 9.92. The zero-order valence-corrected chi connectivity index (χ0v) is 16.6. The second-order valence-corrected chi connectivity index (χ2v) is 10.5. The topological polar surface area (TPSA) is 90.9 Å². The minimum absolute atomic E-state index is 0.00472. The molecule has 0 bridgehead atoms. The molecular weight excluding hydrogens is 352 g/mol. The summed E-state index contributed by atoms with van der Waals surface area (Å²) in [5.41, 5.74) is -0.326. The van der Waals surface area contributed by atoms with E-state index in [-0.39, 0.29) is 30.1 Å². The first-order chi connectivity index (χ1) is 12.5. The summed E-state index contributed by atoms with van der Waals surface area (Å²) >= 11 is 0. The Bertz CT molecular complexity index is 653. The van der Waals surface area contributed by atoms with Crippen molar-refractivity contribution < 1.29 is 13.8 Å². The van der Waals surface area contributed by atoms with Gasteiger partial charge in [0.25, 0.3) is 0 Å². The number of carbonyl (C=O) groups is 2. The molecule has 7 nitrogen and oxygen atoms in total. The van der Waals surface area contributed by atoms with E-state index in [4.69, 9.17) is 0 Å². The van der Waals surface area contributed by atoms with E-state index in [1.54, 1.807) is 7.05 Å². The van der Waals surface area contributed by atoms with Crippen LogP contribution in [0.5, 0.6) is 0 Å². The minimum Gasteiger partial charge on any atom is -0.335 e. The summed E-state index contributed by atoms with van der Waals surface area (Å²) in [4.78, 5) is 26.7. The normalized spacial score (nSPS) is 32.4. The smallest absolute Gasteiger partial charge is 0.315 e. The van der Waals surface area contributed by atoms with E-state index in [1.807, 2.05) is 4.90 Å². The summed E-state index contributed by atoms with van der Waals surface area (Å²) in [5, 5.41) is 5.70. The highest BCUT2D eigenvalue weighted by molar-refractivity contribution is 7.93. The molecule has 1 aliphatic carbocycles. The predicted octanol–water partition coefficient (Wildman–Crippen LogP) is 1.87. The molecule has 2 aliphatic heterocycles. The van der Waals surface area contributed by atoms with Crippen LogP contribution in [0.15, 0.2) is 4.36 Å². The first-order valence-electron chi connectivity index (χ1n) is 9.92. The van der Waals surface area contributed by atoms with Crippen LogP contribution < -0.4 is 10.6 Å². The van der Waals surface area contributed by atoms with E-state index in [0.717, 1.165) is 51.4 Å². The van der Waals surface area contributed by atoms with Crippen LogP contribution in [0.4, 0.5) is 4.79 Å². The Morgan fingerprint density at radius 1 is 1.15 bits per heavy atom. The summed E-state index contributed by atoms with van der Waals surface area (Å²) in [6.45, 7) is 0.689. The number of likely N-dealkylation sites (tertiary alicyclic amines) is 1. The molecule has 2 N–H and O–H groups in total. The van der Waals surface area contributed by atoms with E-state index in [2.05, 4.69) is 15.0 Å². The Hall–Kier alpha value is -1.31. The number of hydrogen-bond acceptors (Lipinski definition) is 4. The molecule has 1 saturated carbocycles. The number of amides is 3. The number of carbonyl (C=O) groups excluding carboxylic acids is 2. The molecule has 0 aromatic carbocycles. The van der Waals surface area contributed by atoms with E-state index in [1.165, 1.54) is 6.42 Å². The number of hydrogen-bond donors (Lipinski definition) is 2. The summed E-state index contributed by atoms with van der Waals surface area (Å²) in [7, 11) is -0.581. The third kappa shape index (κ3) is 4.32. The molecule has 3 fully saturated rings. The summed E-state index contributed by atoms with van der Waals surface area (Å²) in [6.07, 6.45) is 9.14. The highest BCUT2D eigenvalue weighted by Gasteiger charge is 2.47. The van der Waals surface area contributed by atoms with Crippen molar-refractivity contribution in [2.75, 3.05) is 31.6 Å². The van der Waals surface area contributed by atoms with Gasteiger partial charge in [0.15, 0.2) is 0 Å². The number of nitrogens with one attached hydrogen (secondary N) is 2. The molecule has 0 aromatic rings. The van der Waals surface area contributed by atoms with E-state index < -0.39 is 9.73 Å². The number of urea groups is 1. The Kier molecular flexibility index (Phi) is 6.10. The third-order valence-electron chi connectivity index (χ3n) is 6.17. The summed E-state index contributed by atoms with van der Waals surface area (Å²) < 4.78 is 16.9. The molecule has 2 saturated heterocycles. The monoisotopic (exact) mass is 384 g/mol. The second kappa shape index (κ2) is 8.15. The van der Waals surface area contributed by atoms with Crippen molar-refractivity contribution in [1.82, 2.24) is 15.5 Å². The molecule has 2 unspecified atom stereocenters. The Balaban J connectivity index is 1.55. The minimum atomic E-state index is -2.21. The van der Waals surface area contributed by atoms with Gasteiger partial charge in [-0.3, -0.25) is 4.79 Å². The van der Waals surface area contributed by atoms with Crippen LogP contribution in [0.25, 0.3) is 0 Å². The molecule has 26 heavy (non-hydrogen) atoms. The second-order valence-electron chi connectivity index (χ2n) is 7.94. The van der Waals surface area contributed by atoms with Crippen LogP contribution in [0.3, 0.4) is 0 Å². The fourth-order valence-electron chi connectivity index (χ4n) is 4.82. The van der Waals surface area contributed by atoms with Crippen LogP contribution >= 0.6 is 0 Å². The van der Waals surface area contributed by atoms with Crippen molar-refractivity contribution in [1.29, 1.82) is 0 Å². The lowest BCUT2D eigenvalue weighted by Gasteiger charge is -2.42. The maximum absolute atomic E-state index is 12.8. The summed E-state index contributed by atoms with van der Waals surface area (Å²) in [5.74, 6) is 1.05. The molecule has 3 amide bonds. The van der Waals surface area contributed by atoms with Crippen molar-refractivity contribution in [2.45, 2.75) is 69.4 Å². The van der Waals surface area contributed by atoms with Gasteiger partial charge in [-0.05, 0) is 38.5 Å². The molecule has 3 aliphatic rings. The van der Waals surface area contributed by atoms with Gasteiger partial charge in [-0.1, -0.05) is 19.3 Å². The Labute approximate surface area is 156 Å². The average Bonchev–Trinajstić information content (AvgIpc) is 3.03. The lowest BCUT2D eigenvalue weighted by molar-refractivity contribution is -0.133. The van der Waals surface area contributed by atoms with Gasteiger partial charge < -0.3 is 15.5 Å². The van der Waals surface area contributed by atoms with Crippen LogP contribution in [-0.2, 0) is 14.5 Å². The van der Waals surface area contributed by atoms with Gasteiger partial charge in [0.2, 0.25) is 5.91 Å². The molecule has 148 valence electrons. The lowest BCUT2D eigenvalue weighted by Crippen LogP contribution is -2.56. The van der Waals surface area contributed by atoms with Gasteiger partial charge in [0, 0.05) is 35.1 Å². The van der Waals surface area contributed by atoms with Gasteiger partial charge in [-0.15, -0.1) is 0 Å². The zero-order chi connectivity index (χ0) is 18.6. The van der Waals surface area contributed by atoms with Crippen molar-refractivity contribution >= 4 is 21.7 Å². The van der Waals surface area contributed by atoms with Crippen molar-refractivity contribution in [3.05, 3.63) is 0 Å². The molecule has 2 heterocycles. The first kappa shape index (κ1) is 19.5. The first-order valence-corrected chi connectivity index (χ1v) is 11.8. The number of nitrogens with zero attached hydrogens (tertiary/aromatic N) is 2. The quantitative estimate of drug-likeness (QED) is 0.778. The molecule has 8 heteroatoms. The Morgan fingerprint density at radius 2 is 1.88 bits per heavy atom. The molecule has 3 rings (SSSR count). The fraction of sp³-hybridized carbons (Fsp3) is 0.889. The fourth-order valence-corrected chi connectivity index (χ4v) is 7.15. The van der Waals surface area contributed by atoms with Crippen molar-refractivity contribution in [3.63, 3.8) is 0 Å². The number of rotatable bonds is 3. The Morgan fingerprint density at radius 3 is 2.62 bits per heavy atom. The van der Waals surface area contributed by atoms with Crippen LogP contribution in [0.2, 0.25) is 0 Å². The maximum Gasteiger partial charge on any atom is 0.315 e. The van der Waals surface area contributed by atoms with E-state index in [0.29, 0.717) is 18.1 Å². The van der Waals surface area contributed by atoms with E-state index >= 15 is 0 Å². The van der Waals surface area contributed by atoms with Crippen LogP contribution in [-0.4, -0.2) is 64.3 Å². The van der Waals surface area contributed by atoms with Crippen LogP contribution in [0, 0.1) is 0 Å². The van der Waals surface area contributed by atoms with Crippen molar-refractivity contribution in [2.24, 2.45) is 4.36 Å². The molecule has 1 spiro atoms. The predicted molar refractivity (Wildman–Crippen MR) is 103 cm³/mol. The van der Waals surface area contributed by atoms with Gasteiger partial charge in [0.1, 0.15) is 0 Å². The van der Waals surface area contributed by atoms with Gasteiger partial charge in [-0.25, -0.2) is 13.4 Å². The molecule has 0 aromatic heterocycles. The largest absolute Gasteiger partial charge is 0.335 e. The van der Waals surface area contributed by atoms with Gasteiger partial charge in [0.05, 0.1) is 17.8 Å². The van der Waals surface area contributed by atoms with Crippen molar-refractivity contribution in [3.8, 4) is 0 Å². The molecule has 0 radical (unpaired) electrons. The molecule has 2 atom stereocenters. The average molecular weight is 385 g/mol. The standard InChI is InChI=1S/C18H32N4O3S/c1-19-26(25)12-6-10-18(14-26)9-5-11-22(18)16(23)13-20-17(24)21-15-7-3-2-4-8-15/h15H,2-14H2,1H3,(H2,20,21,24). The van der Waals surface area contributed by atoms with Crippen LogP contribution in [0.1, 0.15) is 57.8 Å². The SMILES string of the molecule is CN=S1(=O)CCCC2(CCCN2C(=O)CNC(=O)NC2CCCCC2)C1. The summed E-state index contributed by atoms with van der Waals surface area (Å²) in [6, 6.07) is -0.0272. The van der Waals surface area contributed by atoms with Gasteiger partial charge in [-0.2, -0.15) is 0 Å². The highest BCUT2D eigenvalue weighted by Crippen LogP contribution is 2.38. The maximum atomic E-state index is 12.8.